The molecule has 0 atom stereocenters. The molecule has 0 saturated heterocycles. The first-order valence-electron chi connectivity index (χ1n) is 10.2. The summed E-state index contributed by atoms with van der Waals surface area (Å²) >= 11 is 0. The van der Waals surface area contributed by atoms with Crippen LogP contribution in [-0.2, 0) is 11.3 Å². The number of aromatic hydroxyl groups is 1. The molecule has 1 aromatic heterocycles. The SMILES string of the molecule is COc1cc(C=C2C(C)=C(CC(=O)NCc3cocn3)c3cc(F)ccc32)cc(OC)c1O. The van der Waals surface area contributed by atoms with Crippen molar-refractivity contribution in [3.05, 3.63) is 76.8 Å². The standard InChI is InChI=1S/C25H23FN2O5/c1-14-19(6-15-7-22(31-2)25(30)23(8-15)32-3)18-5-4-16(26)9-21(18)20(14)10-24(29)27-11-17-12-33-13-28-17/h4-9,12-13,30H,10-11H2,1-3H3,(H,27,29). The van der Waals surface area contributed by atoms with E-state index in [0.717, 1.165) is 27.8 Å². The van der Waals surface area contributed by atoms with Crippen molar-refractivity contribution in [2.75, 3.05) is 14.2 Å². The van der Waals surface area contributed by atoms with Gasteiger partial charge in [-0.3, -0.25) is 4.79 Å². The summed E-state index contributed by atoms with van der Waals surface area (Å²) < 4.78 is 29.5. The molecular formula is C25H23FN2O5. The second-order valence-electron chi connectivity index (χ2n) is 7.56. The van der Waals surface area contributed by atoms with E-state index < -0.39 is 0 Å². The summed E-state index contributed by atoms with van der Waals surface area (Å²) in [7, 11) is 2.92. The van der Waals surface area contributed by atoms with E-state index in [1.54, 1.807) is 18.2 Å². The first-order chi connectivity index (χ1) is 15.9. The Balaban J connectivity index is 1.70. The summed E-state index contributed by atoms with van der Waals surface area (Å²) in [5.41, 5.74) is 5.28. The summed E-state index contributed by atoms with van der Waals surface area (Å²) in [6, 6.07) is 7.91. The van der Waals surface area contributed by atoms with Crippen LogP contribution in [-0.4, -0.2) is 30.2 Å². The largest absolute Gasteiger partial charge is 0.502 e. The number of hydrogen-bond acceptors (Lipinski definition) is 6. The Morgan fingerprint density at radius 1 is 1.18 bits per heavy atom. The number of allylic oxidation sites excluding steroid dienone is 2. The molecule has 3 aromatic rings. The topological polar surface area (TPSA) is 93.8 Å². The highest BCUT2D eigenvalue weighted by molar-refractivity contribution is 6.08. The van der Waals surface area contributed by atoms with Gasteiger partial charge in [0.2, 0.25) is 11.7 Å². The number of phenols is 1. The second-order valence-corrected chi connectivity index (χ2v) is 7.56. The Kier molecular flexibility index (Phi) is 6.17. The number of amides is 1. The summed E-state index contributed by atoms with van der Waals surface area (Å²) in [4.78, 5) is 16.6. The molecule has 1 heterocycles. The Hall–Kier alpha value is -4.07. The third-order valence-electron chi connectivity index (χ3n) is 5.55. The molecular weight excluding hydrogens is 427 g/mol. The summed E-state index contributed by atoms with van der Waals surface area (Å²) in [6.45, 7) is 2.15. The van der Waals surface area contributed by atoms with Crippen LogP contribution in [0.3, 0.4) is 0 Å². The Morgan fingerprint density at radius 3 is 2.55 bits per heavy atom. The molecule has 0 bridgehead atoms. The Morgan fingerprint density at radius 2 is 1.91 bits per heavy atom. The molecule has 170 valence electrons. The van der Waals surface area contributed by atoms with Crippen molar-refractivity contribution < 1.29 is 28.2 Å². The average Bonchev–Trinajstić information content (AvgIpc) is 3.41. The zero-order valence-electron chi connectivity index (χ0n) is 18.4. The predicted molar refractivity (Wildman–Crippen MR) is 121 cm³/mol. The van der Waals surface area contributed by atoms with Crippen LogP contribution in [0.25, 0.3) is 17.2 Å². The maximum absolute atomic E-state index is 14.1. The molecule has 2 aromatic carbocycles. The molecule has 33 heavy (non-hydrogen) atoms. The molecule has 1 amide bonds. The van der Waals surface area contributed by atoms with Crippen molar-refractivity contribution in [2.24, 2.45) is 0 Å². The number of fused-ring (bicyclic) bond motifs is 1. The highest BCUT2D eigenvalue weighted by Crippen LogP contribution is 2.45. The number of nitrogens with one attached hydrogen (secondary N) is 1. The van der Waals surface area contributed by atoms with E-state index in [2.05, 4.69) is 10.3 Å². The van der Waals surface area contributed by atoms with E-state index in [9.17, 15) is 14.3 Å². The summed E-state index contributed by atoms with van der Waals surface area (Å²) in [6.07, 6.45) is 4.75. The first-order valence-corrected chi connectivity index (χ1v) is 10.2. The summed E-state index contributed by atoms with van der Waals surface area (Å²) in [5, 5.41) is 13.0. The quantitative estimate of drug-likeness (QED) is 0.548. The second kappa shape index (κ2) is 9.20. The molecule has 8 heteroatoms. The zero-order valence-corrected chi connectivity index (χ0v) is 18.4. The molecule has 0 saturated carbocycles. The number of methoxy groups -OCH3 is 2. The number of oxazole rings is 1. The van der Waals surface area contributed by atoms with Gasteiger partial charge in [-0.2, -0.15) is 0 Å². The fourth-order valence-corrected chi connectivity index (χ4v) is 3.88. The third-order valence-corrected chi connectivity index (χ3v) is 5.55. The molecule has 1 aliphatic carbocycles. The van der Waals surface area contributed by atoms with Gasteiger partial charge in [-0.15, -0.1) is 0 Å². The fourth-order valence-electron chi connectivity index (χ4n) is 3.88. The minimum atomic E-state index is -0.378. The van der Waals surface area contributed by atoms with Gasteiger partial charge in [0, 0.05) is 0 Å². The van der Waals surface area contributed by atoms with Crippen molar-refractivity contribution >= 4 is 23.1 Å². The number of rotatable bonds is 7. The van der Waals surface area contributed by atoms with Crippen LogP contribution in [0.5, 0.6) is 17.2 Å². The molecule has 0 fully saturated rings. The minimum absolute atomic E-state index is 0.0830. The van der Waals surface area contributed by atoms with Gasteiger partial charge in [-0.1, -0.05) is 6.07 Å². The first kappa shape index (κ1) is 22.1. The number of carbonyl (C=O) groups excluding carboxylic acids is 1. The van der Waals surface area contributed by atoms with E-state index in [4.69, 9.17) is 13.9 Å². The van der Waals surface area contributed by atoms with Crippen LogP contribution in [0, 0.1) is 5.82 Å². The predicted octanol–water partition coefficient (Wildman–Crippen LogP) is 4.57. The van der Waals surface area contributed by atoms with Gasteiger partial charge in [0.25, 0.3) is 0 Å². The van der Waals surface area contributed by atoms with Crippen molar-refractivity contribution in [3.63, 3.8) is 0 Å². The molecule has 0 spiro atoms. The van der Waals surface area contributed by atoms with Crippen molar-refractivity contribution in [1.29, 1.82) is 0 Å². The molecule has 4 rings (SSSR count). The van der Waals surface area contributed by atoms with Crippen molar-refractivity contribution in [1.82, 2.24) is 10.3 Å². The normalized spacial score (nSPS) is 13.9. The van der Waals surface area contributed by atoms with Gasteiger partial charge in [0.1, 0.15) is 12.1 Å². The van der Waals surface area contributed by atoms with E-state index in [0.29, 0.717) is 11.3 Å². The Bertz CT molecular complexity index is 1240. The third kappa shape index (κ3) is 4.45. The molecule has 0 radical (unpaired) electrons. The number of benzene rings is 2. The molecule has 7 nitrogen and oxygen atoms in total. The smallest absolute Gasteiger partial charge is 0.224 e. The fraction of sp³-hybridized carbons (Fsp3) is 0.200. The highest BCUT2D eigenvalue weighted by atomic mass is 19.1. The Labute approximate surface area is 190 Å². The van der Waals surface area contributed by atoms with Crippen LogP contribution in [0.4, 0.5) is 4.39 Å². The van der Waals surface area contributed by atoms with Gasteiger partial charge in [-0.05, 0) is 70.7 Å². The number of nitrogens with zero attached hydrogens (tertiary/aromatic N) is 1. The van der Waals surface area contributed by atoms with Crippen molar-refractivity contribution in [3.8, 4) is 17.2 Å². The number of hydrogen-bond donors (Lipinski definition) is 2. The maximum Gasteiger partial charge on any atom is 0.224 e. The monoisotopic (exact) mass is 450 g/mol. The van der Waals surface area contributed by atoms with Crippen LogP contribution in [0.1, 0.15) is 35.7 Å². The van der Waals surface area contributed by atoms with Crippen LogP contribution in [0.15, 0.2) is 53.0 Å². The number of halogens is 1. The van der Waals surface area contributed by atoms with E-state index >= 15 is 0 Å². The lowest BCUT2D eigenvalue weighted by molar-refractivity contribution is -0.120. The number of aromatic nitrogens is 1. The minimum Gasteiger partial charge on any atom is -0.502 e. The lowest BCUT2D eigenvalue weighted by Crippen LogP contribution is -2.22. The lowest BCUT2D eigenvalue weighted by atomic mass is 10.00. The van der Waals surface area contributed by atoms with Crippen LogP contribution >= 0.6 is 0 Å². The van der Waals surface area contributed by atoms with E-state index in [1.807, 2.05) is 13.0 Å². The zero-order chi connectivity index (χ0) is 23.5. The maximum atomic E-state index is 14.1. The molecule has 1 aliphatic rings. The average molecular weight is 450 g/mol. The van der Waals surface area contributed by atoms with Gasteiger partial charge in [-0.25, -0.2) is 9.37 Å². The van der Waals surface area contributed by atoms with Crippen molar-refractivity contribution in [2.45, 2.75) is 19.9 Å². The van der Waals surface area contributed by atoms with Gasteiger partial charge >= 0.3 is 0 Å². The summed E-state index contributed by atoms with van der Waals surface area (Å²) in [5.74, 6) is -0.138. The lowest BCUT2D eigenvalue weighted by Gasteiger charge is -2.11. The van der Waals surface area contributed by atoms with Gasteiger partial charge in [0.15, 0.2) is 17.9 Å². The van der Waals surface area contributed by atoms with Gasteiger partial charge < -0.3 is 24.3 Å². The number of carbonyl (C=O) groups is 1. The van der Waals surface area contributed by atoms with E-state index in [-0.39, 0.29) is 41.9 Å². The van der Waals surface area contributed by atoms with Crippen LogP contribution < -0.4 is 14.8 Å². The van der Waals surface area contributed by atoms with E-state index in [1.165, 1.54) is 39.0 Å². The highest BCUT2D eigenvalue weighted by Gasteiger charge is 2.26. The molecule has 2 N–H and O–H groups in total. The number of ether oxygens (including phenoxy) is 2. The molecule has 0 unspecified atom stereocenters. The molecule has 0 aliphatic heterocycles. The van der Waals surface area contributed by atoms with Crippen LogP contribution in [0.2, 0.25) is 0 Å². The van der Waals surface area contributed by atoms with Gasteiger partial charge in [0.05, 0.1) is 32.9 Å². The number of phenolic OH excluding ortho intramolecular Hbond substituents is 1.